The second-order valence-electron chi connectivity index (χ2n) is 4.44. The van der Waals surface area contributed by atoms with Gasteiger partial charge in [0.05, 0.1) is 6.54 Å². The highest BCUT2D eigenvalue weighted by Crippen LogP contribution is 2.22. The zero-order valence-corrected chi connectivity index (χ0v) is 12.4. The largest absolute Gasteiger partial charge is 0.478 e. The van der Waals surface area contributed by atoms with Crippen molar-refractivity contribution in [1.29, 1.82) is 0 Å². The number of carbonyl (C=O) groups is 2. The van der Waals surface area contributed by atoms with Crippen LogP contribution in [0.3, 0.4) is 0 Å². The van der Waals surface area contributed by atoms with Gasteiger partial charge in [-0.05, 0) is 25.1 Å². The summed E-state index contributed by atoms with van der Waals surface area (Å²) in [5, 5.41) is 2.63. The number of amides is 2. The number of nitrogens with one attached hydrogen (secondary N) is 1. The molecule has 2 amide bonds. The monoisotopic (exact) mass is 344 g/mol. The van der Waals surface area contributed by atoms with Gasteiger partial charge in [-0.3, -0.25) is 9.59 Å². The van der Waals surface area contributed by atoms with Crippen LogP contribution in [-0.4, -0.2) is 42.5 Å². The molecule has 20 heavy (non-hydrogen) atoms. The Morgan fingerprint density at radius 2 is 2.30 bits per heavy atom. The number of hydrogen-bond donors (Lipinski definition) is 1. The Morgan fingerprint density at radius 1 is 1.55 bits per heavy atom. The van der Waals surface area contributed by atoms with Crippen LogP contribution < -0.4 is 10.1 Å². The molecular formula is C13H14BrFN2O3. The molecule has 1 aliphatic rings. The Labute approximate surface area is 124 Å². The number of nitrogens with zero attached hydrogens (tertiary/aromatic N) is 1. The van der Waals surface area contributed by atoms with Gasteiger partial charge in [0.25, 0.3) is 5.91 Å². The van der Waals surface area contributed by atoms with Crippen molar-refractivity contribution in [3.8, 4) is 5.75 Å². The summed E-state index contributed by atoms with van der Waals surface area (Å²) < 4.78 is 19.6. The van der Waals surface area contributed by atoms with Crippen LogP contribution in [0.25, 0.3) is 0 Å². The van der Waals surface area contributed by atoms with Gasteiger partial charge in [-0.2, -0.15) is 0 Å². The van der Waals surface area contributed by atoms with Crippen molar-refractivity contribution in [2.24, 2.45) is 0 Å². The second-order valence-corrected chi connectivity index (χ2v) is 5.36. The third-order valence-corrected chi connectivity index (χ3v) is 3.39. The van der Waals surface area contributed by atoms with Gasteiger partial charge in [0.1, 0.15) is 0 Å². The summed E-state index contributed by atoms with van der Waals surface area (Å²) in [5.74, 6) is -1.07. The lowest BCUT2D eigenvalue weighted by molar-refractivity contribution is -0.143. The van der Waals surface area contributed by atoms with E-state index in [0.717, 1.165) is 0 Å². The number of piperazine rings is 1. The molecule has 0 radical (unpaired) electrons. The highest BCUT2D eigenvalue weighted by atomic mass is 79.9. The van der Waals surface area contributed by atoms with Crippen LogP contribution in [-0.2, 0) is 9.59 Å². The average molecular weight is 345 g/mol. The molecular weight excluding hydrogens is 331 g/mol. The zero-order chi connectivity index (χ0) is 14.7. The first-order valence-corrected chi connectivity index (χ1v) is 6.94. The molecule has 5 nitrogen and oxygen atoms in total. The minimum Gasteiger partial charge on any atom is -0.478 e. The van der Waals surface area contributed by atoms with Gasteiger partial charge in [0, 0.05) is 17.6 Å². The molecule has 0 aliphatic carbocycles. The summed E-state index contributed by atoms with van der Waals surface area (Å²) in [7, 11) is 0. The maximum atomic E-state index is 13.6. The minimum absolute atomic E-state index is 0.00928. The molecule has 0 spiro atoms. The maximum absolute atomic E-state index is 13.6. The van der Waals surface area contributed by atoms with E-state index < -0.39 is 11.9 Å². The van der Waals surface area contributed by atoms with Gasteiger partial charge in [-0.1, -0.05) is 15.9 Å². The predicted octanol–water partition coefficient (Wildman–Crippen LogP) is 1.31. The van der Waals surface area contributed by atoms with Crippen LogP contribution in [0.15, 0.2) is 22.7 Å². The van der Waals surface area contributed by atoms with Crippen molar-refractivity contribution in [1.82, 2.24) is 10.2 Å². The highest BCUT2D eigenvalue weighted by Gasteiger charge is 2.26. The Bertz CT molecular complexity index is 538. The van der Waals surface area contributed by atoms with Crippen molar-refractivity contribution in [3.05, 3.63) is 28.5 Å². The highest BCUT2D eigenvalue weighted by molar-refractivity contribution is 9.10. The van der Waals surface area contributed by atoms with E-state index in [-0.39, 0.29) is 24.1 Å². The second kappa shape index (κ2) is 6.21. The number of halogens is 2. The quantitative estimate of drug-likeness (QED) is 0.899. The molecule has 0 bridgehead atoms. The lowest BCUT2D eigenvalue weighted by atomic mass is 10.2. The van der Waals surface area contributed by atoms with Crippen LogP contribution in [0, 0.1) is 5.82 Å². The first-order chi connectivity index (χ1) is 9.47. The molecule has 108 valence electrons. The van der Waals surface area contributed by atoms with E-state index >= 15 is 0 Å². The summed E-state index contributed by atoms with van der Waals surface area (Å²) in [4.78, 5) is 24.8. The van der Waals surface area contributed by atoms with Crippen molar-refractivity contribution >= 4 is 27.7 Å². The molecule has 1 heterocycles. The van der Waals surface area contributed by atoms with Gasteiger partial charge >= 0.3 is 0 Å². The molecule has 1 fully saturated rings. The zero-order valence-electron chi connectivity index (χ0n) is 10.9. The van der Waals surface area contributed by atoms with E-state index in [0.29, 0.717) is 17.6 Å². The van der Waals surface area contributed by atoms with Crippen LogP contribution >= 0.6 is 15.9 Å². The minimum atomic E-state index is -0.850. The number of rotatable bonds is 3. The fourth-order valence-electron chi connectivity index (χ4n) is 1.90. The summed E-state index contributed by atoms with van der Waals surface area (Å²) in [6.45, 7) is 2.40. The van der Waals surface area contributed by atoms with Crippen molar-refractivity contribution < 1.29 is 18.7 Å². The Morgan fingerprint density at radius 3 is 2.95 bits per heavy atom. The van der Waals surface area contributed by atoms with Crippen LogP contribution in [0.5, 0.6) is 5.75 Å². The SMILES string of the molecule is C[C@H](Oc1ccc(Br)cc1F)C(=O)N1CCNC(=O)C1. The smallest absolute Gasteiger partial charge is 0.263 e. The van der Waals surface area contributed by atoms with Crippen LogP contribution in [0.2, 0.25) is 0 Å². The number of benzene rings is 1. The fraction of sp³-hybridized carbons (Fsp3) is 0.385. The molecule has 1 aromatic carbocycles. The standard InChI is InChI=1S/C13H14BrFN2O3/c1-8(13(19)17-5-4-16-12(18)7-17)20-11-3-2-9(14)6-10(11)15/h2-3,6,8H,4-5,7H2,1H3,(H,16,18)/t8-/m0/s1. The van der Waals surface area contributed by atoms with Crippen LogP contribution in [0.1, 0.15) is 6.92 Å². The summed E-state index contributed by atoms with van der Waals surface area (Å²) in [6, 6.07) is 4.34. The van der Waals surface area contributed by atoms with E-state index in [2.05, 4.69) is 21.2 Å². The van der Waals surface area contributed by atoms with E-state index in [4.69, 9.17) is 4.74 Å². The van der Waals surface area contributed by atoms with Gasteiger partial charge in [0.2, 0.25) is 5.91 Å². The summed E-state index contributed by atoms with van der Waals surface area (Å²) in [6.07, 6.45) is -0.850. The number of carbonyl (C=O) groups excluding carboxylic acids is 2. The third-order valence-electron chi connectivity index (χ3n) is 2.90. The Balaban J connectivity index is 2.01. The fourth-order valence-corrected chi connectivity index (χ4v) is 2.23. The van der Waals surface area contributed by atoms with Crippen LogP contribution in [0.4, 0.5) is 4.39 Å². The Hall–Kier alpha value is -1.63. The van der Waals surface area contributed by atoms with E-state index in [1.807, 2.05) is 0 Å². The van der Waals surface area contributed by atoms with Gasteiger partial charge in [-0.15, -0.1) is 0 Å². The molecule has 7 heteroatoms. The van der Waals surface area contributed by atoms with Gasteiger partial charge < -0.3 is 15.0 Å². The normalized spacial score (nSPS) is 16.6. The van der Waals surface area contributed by atoms with E-state index in [1.54, 1.807) is 6.07 Å². The van der Waals surface area contributed by atoms with Crippen molar-refractivity contribution in [2.75, 3.05) is 19.6 Å². The van der Waals surface area contributed by atoms with Gasteiger partial charge in [-0.25, -0.2) is 4.39 Å². The van der Waals surface area contributed by atoms with Crippen molar-refractivity contribution in [2.45, 2.75) is 13.0 Å². The topological polar surface area (TPSA) is 58.6 Å². The third kappa shape index (κ3) is 3.47. The Kier molecular flexibility index (Phi) is 4.59. The molecule has 1 aromatic rings. The lowest BCUT2D eigenvalue weighted by Gasteiger charge is -2.29. The molecule has 0 aromatic heterocycles. The van der Waals surface area contributed by atoms with Gasteiger partial charge in [0.15, 0.2) is 17.7 Å². The molecule has 0 saturated carbocycles. The molecule has 1 aliphatic heterocycles. The average Bonchev–Trinajstić information content (AvgIpc) is 2.41. The number of ether oxygens (including phenoxy) is 1. The molecule has 2 rings (SSSR count). The molecule has 1 atom stereocenters. The first kappa shape index (κ1) is 14.8. The predicted molar refractivity (Wildman–Crippen MR) is 73.8 cm³/mol. The molecule has 1 N–H and O–H groups in total. The molecule has 1 saturated heterocycles. The maximum Gasteiger partial charge on any atom is 0.263 e. The summed E-state index contributed by atoms with van der Waals surface area (Å²) in [5.41, 5.74) is 0. The summed E-state index contributed by atoms with van der Waals surface area (Å²) >= 11 is 3.15. The molecule has 0 unspecified atom stereocenters. The lowest BCUT2D eigenvalue weighted by Crippen LogP contribution is -2.53. The first-order valence-electron chi connectivity index (χ1n) is 6.14. The number of hydrogen-bond acceptors (Lipinski definition) is 3. The van der Waals surface area contributed by atoms with Crippen molar-refractivity contribution in [3.63, 3.8) is 0 Å². The van der Waals surface area contributed by atoms with E-state index in [1.165, 1.54) is 24.0 Å². The van der Waals surface area contributed by atoms with E-state index in [9.17, 15) is 14.0 Å².